The number of benzene rings is 1. The Morgan fingerprint density at radius 1 is 1.17 bits per heavy atom. The van der Waals surface area contributed by atoms with Gasteiger partial charge in [0.1, 0.15) is 5.75 Å². The van der Waals surface area contributed by atoms with Gasteiger partial charge in [0.2, 0.25) is 5.91 Å². The van der Waals surface area contributed by atoms with E-state index in [1.165, 1.54) is 0 Å². The highest BCUT2D eigenvalue weighted by Gasteiger charge is 2.30. The quantitative estimate of drug-likeness (QED) is 0.723. The van der Waals surface area contributed by atoms with E-state index in [1.807, 2.05) is 30.3 Å². The largest absolute Gasteiger partial charge is 0.494 e. The van der Waals surface area contributed by atoms with Gasteiger partial charge in [-0.1, -0.05) is 31.0 Å². The summed E-state index contributed by atoms with van der Waals surface area (Å²) in [6.07, 6.45) is 4.67. The Kier molecular flexibility index (Phi) is 6.91. The molecular weight excluding hydrogens is 294 g/mol. The summed E-state index contributed by atoms with van der Waals surface area (Å²) in [5.41, 5.74) is 0. The predicted octanol–water partition coefficient (Wildman–Crippen LogP) is 2.85. The maximum Gasteiger partial charge on any atom is 0.306 e. The van der Waals surface area contributed by atoms with Crippen LogP contribution in [0.2, 0.25) is 0 Å². The van der Waals surface area contributed by atoms with E-state index >= 15 is 0 Å². The molecule has 2 rings (SSSR count). The van der Waals surface area contributed by atoms with Gasteiger partial charge in [-0.05, 0) is 37.3 Å². The zero-order chi connectivity index (χ0) is 16.5. The number of ether oxygens (including phenoxy) is 1. The van der Waals surface area contributed by atoms with E-state index in [-0.39, 0.29) is 17.7 Å². The van der Waals surface area contributed by atoms with Gasteiger partial charge in [0.05, 0.1) is 12.5 Å². The van der Waals surface area contributed by atoms with Crippen LogP contribution in [0.1, 0.15) is 38.5 Å². The number of carboxylic acids is 1. The highest BCUT2D eigenvalue weighted by atomic mass is 16.5. The molecule has 1 aliphatic carbocycles. The smallest absolute Gasteiger partial charge is 0.306 e. The SMILES string of the molecule is O=C(CCCOc1ccccc1)NC[C@@H]1CCCC[C@@H]1C(=O)O. The fraction of sp³-hybridized carbons (Fsp3) is 0.556. The van der Waals surface area contributed by atoms with Crippen molar-refractivity contribution >= 4 is 11.9 Å². The first-order chi connectivity index (χ1) is 11.2. The summed E-state index contributed by atoms with van der Waals surface area (Å²) in [4.78, 5) is 23.1. The van der Waals surface area contributed by atoms with Gasteiger partial charge in [-0.25, -0.2) is 0 Å². The highest BCUT2D eigenvalue weighted by Crippen LogP contribution is 2.29. The third-order valence-electron chi connectivity index (χ3n) is 4.35. The molecule has 1 aliphatic rings. The minimum atomic E-state index is -0.736. The zero-order valence-corrected chi connectivity index (χ0v) is 13.4. The molecule has 0 aromatic heterocycles. The van der Waals surface area contributed by atoms with E-state index in [0.717, 1.165) is 31.4 Å². The van der Waals surface area contributed by atoms with Crippen molar-refractivity contribution in [3.05, 3.63) is 30.3 Å². The first kappa shape index (κ1) is 17.3. The molecule has 2 atom stereocenters. The number of carboxylic acid groups (broad SMARTS) is 1. The molecule has 0 bridgehead atoms. The summed E-state index contributed by atoms with van der Waals surface area (Å²) >= 11 is 0. The lowest BCUT2D eigenvalue weighted by molar-refractivity contribution is -0.145. The standard InChI is InChI=1S/C18H25NO4/c20-17(11-6-12-23-15-8-2-1-3-9-15)19-13-14-7-4-5-10-16(14)18(21)22/h1-3,8-9,14,16H,4-7,10-13H2,(H,19,20)(H,21,22)/t14-,16-/m0/s1. The fourth-order valence-electron chi connectivity index (χ4n) is 3.05. The molecule has 2 N–H and O–H groups in total. The predicted molar refractivity (Wildman–Crippen MR) is 87.3 cm³/mol. The van der Waals surface area contributed by atoms with Crippen molar-refractivity contribution in [1.29, 1.82) is 0 Å². The normalized spacial score (nSPS) is 20.7. The number of para-hydroxylation sites is 1. The Morgan fingerprint density at radius 2 is 1.91 bits per heavy atom. The van der Waals surface area contributed by atoms with Gasteiger partial charge in [-0.15, -0.1) is 0 Å². The number of hydrogen-bond acceptors (Lipinski definition) is 3. The molecular formula is C18H25NO4. The van der Waals surface area contributed by atoms with Crippen LogP contribution in [-0.2, 0) is 9.59 Å². The Labute approximate surface area is 137 Å². The van der Waals surface area contributed by atoms with Crippen LogP contribution in [0.5, 0.6) is 5.75 Å². The Balaban J connectivity index is 1.62. The van der Waals surface area contributed by atoms with E-state index in [0.29, 0.717) is 26.0 Å². The molecule has 0 unspecified atom stereocenters. The van der Waals surface area contributed by atoms with E-state index in [1.54, 1.807) is 0 Å². The van der Waals surface area contributed by atoms with Gasteiger partial charge in [0.15, 0.2) is 0 Å². The number of hydrogen-bond donors (Lipinski definition) is 2. The molecule has 0 heterocycles. The van der Waals surface area contributed by atoms with Crippen molar-refractivity contribution in [1.82, 2.24) is 5.32 Å². The molecule has 0 saturated heterocycles. The molecule has 5 nitrogen and oxygen atoms in total. The molecule has 1 aromatic carbocycles. The molecule has 23 heavy (non-hydrogen) atoms. The first-order valence-corrected chi connectivity index (χ1v) is 8.34. The summed E-state index contributed by atoms with van der Waals surface area (Å²) in [6.45, 7) is 0.966. The van der Waals surface area contributed by atoms with Crippen LogP contribution < -0.4 is 10.1 Å². The molecule has 0 aliphatic heterocycles. The lowest BCUT2D eigenvalue weighted by Crippen LogP contribution is -2.37. The highest BCUT2D eigenvalue weighted by molar-refractivity contribution is 5.76. The average Bonchev–Trinajstić information content (AvgIpc) is 2.58. The number of carbonyl (C=O) groups is 2. The Bertz CT molecular complexity index is 503. The zero-order valence-electron chi connectivity index (χ0n) is 13.4. The summed E-state index contributed by atoms with van der Waals surface area (Å²) < 4.78 is 5.54. The maximum atomic E-state index is 11.9. The summed E-state index contributed by atoms with van der Waals surface area (Å²) in [7, 11) is 0. The van der Waals surface area contributed by atoms with Gasteiger partial charge in [-0.3, -0.25) is 9.59 Å². The second-order valence-corrected chi connectivity index (χ2v) is 6.06. The number of carbonyl (C=O) groups excluding carboxylic acids is 1. The van der Waals surface area contributed by atoms with Crippen molar-refractivity contribution in [2.75, 3.05) is 13.2 Å². The van der Waals surface area contributed by atoms with Crippen molar-refractivity contribution < 1.29 is 19.4 Å². The lowest BCUT2D eigenvalue weighted by atomic mass is 9.79. The number of rotatable bonds is 8. The van der Waals surface area contributed by atoms with Gasteiger partial charge in [0.25, 0.3) is 0 Å². The maximum absolute atomic E-state index is 11.9. The topological polar surface area (TPSA) is 75.6 Å². The average molecular weight is 319 g/mol. The van der Waals surface area contributed by atoms with Crippen molar-refractivity contribution in [3.63, 3.8) is 0 Å². The second kappa shape index (κ2) is 9.18. The van der Waals surface area contributed by atoms with E-state index < -0.39 is 5.97 Å². The number of aliphatic carboxylic acids is 1. The van der Waals surface area contributed by atoms with Crippen molar-refractivity contribution in [3.8, 4) is 5.75 Å². The van der Waals surface area contributed by atoms with Crippen LogP contribution in [0.4, 0.5) is 0 Å². The molecule has 5 heteroatoms. The monoisotopic (exact) mass is 319 g/mol. The molecule has 1 amide bonds. The van der Waals surface area contributed by atoms with Crippen molar-refractivity contribution in [2.24, 2.45) is 11.8 Å². The molecule has 1 aromatic rings. The van der Waals surface area contributed by atoms with E-state index in [9.17, 15) is 14.7 Å². The second-order valence-electron chi connectivity index (χ2n) is 6.06. The molecule has 126 valence electrons. The van der Waals surface area contributed by atoms with Gasteiger partial charge < -0.3 is 15.2 Å². The van der Waals surface area contributed by atoms with E-state index in [4.69, 9.17) is 4.74 Å². The van der Waals surface area contributed by atoms with Crippen LogP contribution in [0.3, 0.4) is 0 Å². The Morgan fingerprint density at radius 3 is 2.65 bits per heavy atom. The third kappa shape index (κ3) is 5.93. The summed E-state index contributed by atoms with van der Waals surface area (Å²) in [5.74, 6) is -0.216. The van der Waals surface area contributed by atoms with Crippen LogP contribution in [0, 0.1) is 11.8 Å². The fourth-order valence-corrected chi connectivity index (χ4v) is 3.05. The van der Waals surface area contributed by atoms with Crippen LogP contribution in [-0.4, -0.2) is 30.1 Å². The third-order valence-corrected chi connectivity index (χ3v) is 4.35. The summed E-state index contributed by atoms with van der Waals surface area (Å²) in [6, 6.07) is 9.51. The first-order valence-electron chi connectivity index (χ1n) is 8.34. The lowest BCUT2D eigenvalue weighted by Gasteiger charge is -2.28. The van der Waals surface area contributed by atoms with E-state index in [2.05, 4.69) is 5.32 Å². The number of nitrogens with one attached hydrogen (secondary N) is 1. The molecule has 0 radical (unpaired) electrons. The van der Waals surface area contributed by atoms with Crippen molar-refractivity contribution in [2.45, 2.75) is 38.5 Å². The molecule has 1 saturated carbocycles. The Hall–Kier alpha value is -2.04. The van der Waals surface area contributed by atoms with Gasteiger partial charge in [-0.2, -0.15) is 0 Å². The van der Waals surface area contributed by atoms with Crippen LogP contribution in [0.25, 0.3) is 0 Å². The minimum absolute atomic E-state index is 0.0311. The summed E-state index contributed by atoms with van der Waals surface area (Å²) in [5, 5.41) is 12.1. The molecule has 1 fully saturated rings. The van der Waals surface area contributed by atoms with Gasteiger partial charge in [0, 0.05) is 13.0 Å². The number of amides is 1. The van der Waals surface area contributed by atoms with Crippen LogP contribution in [0.15, 0.2) is 30.3 Å². The molecule has 0 spiro atoms. The minimum Gasteiger partial charge on any atom is -0.494 e. The van der Waals surface area contributed by atoms with Gasteiger partial charge >= 0.3 is 5.97 Å². The van der Waals surface area contributed by atoms with Crippen LogP contribution >= 0.6 is 0 Å².